The molecule has 0 bridgehead atoms. The molecule has 3 nitrogen and oxygen atoms in total. The average Bonchev–Trinajstić information content (AvgIpc) is 2.88. The minimum atomic E-state index is -0.461. The van der Waals surface area contributed by atoms with Gasteiger partial charge in [-0.25, -0.2) is 0 Å². The van der Waals surface area contributed by atoms with Crippen LogP contribution < -0.4 is 4.90 Å². The largest absolute Gasteiger partial charge is 0.300 e. The van der Waals surface area contributed by atoms with Gasteiger partial charge in [0.2, 0.25) is 0 Å². The first-order valence-electron chi connectivity index (χ1n) is 5.45. The number of anilines is 1. The van der Waals surface area contributed by atoms with E-state index in [4.69, 9.17) is 0 Å². The Morgan fingerprint density at radius 1 is 1.11 bits per heavy atom. The van der Waals surface area contributed by atoms with Crippen LogP contribution in [-0.4, -0.2) is 11.7 Å². The first-order valence-corrected chi connectivity index (χ1v) is 7.91. The van der Waals surface area contributed by atoms with Crippen molar-refractivity contribution in [2.45, 2.75) is 6.54 Å². The molecule has 0 atom stereocenters. The molecule has 0 spiro atoms. The van der Waals surface area contributed by atoms with Crippen molar-refractivity contribution < 1.29 is 9.59 Å². The lowest BCUT2D eigenvalue weighted by Crippen LogP contribution is -2.28. The van der Waals surface area contributed by atoms with Gasteiger partial charge in [0.25, 0.3) is 11.7 Å². The van der Waals surface area contributed by atoms with Gasteiger partial charge >= 0.3 is 0 Å². The molecule has 1 aliphatic heterocycles. The second kappa shape index (κ2) is 4.85. The second-order valence-corrected chi connectivity index (χ2v) is 6.94. The number of rotatable bonds is 2. The van der Waals surface area contributed by atoms with Crippen molar-refractivity contribution in [1.29, 1.82) is 0 Å². The molecule has 1 aromatic carbocycles. The van der Waals surface area contributed by atoms with Gasteiger partial charge in [-0.05, 0) is 40.2 Å². The van der Waals surface area contributed by atoms with Crippen LogP contribution in [0.15, 0.2) is 38.6 Å². The number of halogens is 2. The number of nitrogens with zero attached hydrogens (tertiary/aromatic N) is 1. The van der Waals surface area contributed by atoms with Gasteiger partial charge < -0.3 is 0 Å². The number of benzene rings is 1. The number of fused-ring (bicyclic) bond motifs is 1. The minimum Gasteiger partial charge on any atom is -0.300 e. The maximum absolute atomic E-state index is 12.0. The van der Waals surface area contributed by atoms with Crippen LogP contribution in [0.25, 0.3) is 0 Å². The van der Waals surface area contributed by atoms with Crippen LogP contribution in [0.4, 0.5) is 5.69 Å². The van der Waals surface area contributed by atoms with Crippen LogP contribution in [0.2, 0.25) is 0 Å². The fraction of sp³-hybridized carbons (Fsp3) is 0.0769. The quantitative estimate of drug-likeness (QED) is 0.714. The van der Waals surface area contributed by atoms with Gasteiger partial charge in [0.1, 0.15) is 0 Å². The fourth-order valence-electron chi connectivity index (χ4n) is 2.02. The van der Waals surface area contributed by atoms with Gasteiger partial charge in [-0.3, -0.25) is 14.5 Å². The van der Waals surface area contributed by atoms with Crippen molar-refractivity contribution >= 4 is 60.6 Å². The number of carbonyl (C=O) groups excluding carboxylic acids is 2. The van der Waals surface area contributed by atoms with Gasteiger partial charge in [-0.15, -0.1) is 11.3 Å². The highest BCUT2D eigenvalue weighted by Gasteiger charge is 2.35. The Labute approximate surface area is 130 Å². The lowest BCUT2D eigenvalue weighted by molar-refractivity contribution is -0.114. The van der Waals surface area contributed by atoms with Crippen LogP contribution in [0.5, 0.6) is 0 Å². The van der Waals surface area contributed by atoms with Crippen molar-refractivity contribution in [3.63, 3.8) is 0 Å². The van der Waals surface area contributed by atoms with Crippen molar-refractivity contribution in [3.8, 4) is 0 Å². The molecule has 0 saturated heterocycles. The lowest BCUT2D eigenvalue weighted by atomic mass is 10.1. The summed E-state index contributed by atoms with van der Waals surface area (Å²) in [5.41, 5.74) is 1.15. The van der Waals surface area contributed by atoms with Crippen LogP contribution in [-0.2, 0) is 11.3 Å². The molecule has 1 amide bonds. The number of thiophene rings is 1. The van der Waals surface area contributed by atoms with E-state index in [1.807, 2.05) is 17.5 Å². The van der Waals surface area contributed by atoms with E-state index in [9.17, 15) is 9.59 Å². The summed E-state index contributed by atoms with van der Waals surface area (Å²) in [6.45, 7) is 0.426. The number of carbonyl (C=O) groups is 2. The zero-order chi connectivity index (χ0) is 13.6. The molecule has 3 rings (SSSR count). The highest BCUT2D eigenvalue weighted by Crippen LogP contribution is 2.33. The topological polar surface area (TPSA) is 37.4 Å². The summed E-state index contributed by atoms with van der Waals surface area (Å²) in [6, 6.07) is 7.28. The van der Waals surface area contributed by atoms with E-state index < -0.39 is 11.7 Å². The summed E-state index contributed by atoms with van der Waals surface area (Å²) in [4.78, 5) is 26.5. The van der Waals surface area contributed by atoms with Crippen LogP contribution >= 0.6 is 43.2 Å². The van der Waals surface area contributed by atoms with Gasteiger partial charge in [0.05, 0.1) is 17.8 Å². The van der Waals surface area contributed by atoms with Gasteiger partial charge in [-0.1, -0.05) is 15.9 Å². The molecule has 6 heteroatoms. The van der Waals surface area contributed by atoms with E-state index in [-0.39, 0.29) is 0 Å². The normalized spacial score (nSPS) is 14.1. The predicted molar refractivity (Wildman–Crippen MR) is 81.7 cm³/mol. The third kappa shape index (κ3) is 2.28. The molecule has 19 heavy (non-hydrogen) atoms. The molecule has 2 heterocycles. The van der Waals surface area contributed by atoms with E-state index in [1.165, 1.54) is 4.90 Å². The summed E-state index contributed by atoms with van der Waals surface area (Å²) in [5, 5.41) is 1.96. The first-order chi connectivity index (χ1) is 9.06. The van der Waals surface area contributed by atoms with Crippen molar-refractivity contribution in [3.05, 3.63) is 49.0 Å². The number of hydrogen-bond acceptors (Lipinski definition) is 3. The standard InChI is InChI=1S/C13H7Br2NO2S/c14-7-1-2-11-10(4-7)12(17)13(18)16(11)5-9-3-8(15)6-19-9/h1-4,6H,5H2. The summed E-state index contributed by atoms with van der Waals surface area (Å²) >= 11 is 8.26. The summed E-state index contributed by atoms with van der Waals surface area (Å²) < 4.78 is 1.79. The van der Waals surface area contributed by atoms with Crippen molar-refractivity contribution in [1.82, 2.24) is 0 Å². The zero-order valence-corrected chi connectivity index (χ0v) is 13.5. The average molecular weight is 401 g/mol. The molecule has 0 N–H and O–H groups in total. The van der Waals surface area contributed by atoms with E-state index in [0.717, 1.165) is 13.8 Å². The lowest BCUT2D eigenvalue weighted by Gasteiger charge is -2.15. The van der Waals surface area contributed by atoms with Crippen LogP contribution in [0.3, 0.4) is 0 Å². The number of amides is 1. The first kappa shape index (κ1) is 13.0. The molecule has 0 radical (unpaired) electrons. The third-order valence-corrected chi connectivity index (χ3v) is 5.04. The monoisotopic (exact) mass is 399 g/mol. The second-order valence-electron chi connectivity index (χ2n) is 4.11. The Hall–Kier alpha value is -0.980. The molecular formula is C13H7Br2NO2S. The Morgan fingerprint density at radius 3 is 2.58 bits per heavy atom. The number of Topliss-reactive ketones (excluding diaryl/α,β-unsaturated/α-hetero) is 1. The zero-order valence-electron chi connectivity index (χ0n) is 9.52. The van der Waals surface area contributed by atoms with Crippen molar-refractivity contribution in [2.24, 2.45) is 0 Å². The number of ketones is 1. The summed E-state index contributed by atoms with van der Waals surface area (Å²) in [7, 11) is 0. The minimum absolute atomic E-state index is 0.426. The van der Waals surface area contributed by atoms with E-state index >= 15 is 0 Å². The van der Waals surface area contributed by atoms with Gasteiger partial charge in [0.15, 0.2) is 0 Å². The smallest absolute Gasteiger partial charge is 0.299 e. The molecular weight excluding hydrogens is 394 g/mol. The number of hydrogen-bond donors (Lipinski definition) is 0. The molecule has 2 aromatic rings. The maximum Gasteiger partial charge on any atom is 0.299 e. The van der Waals surface area contributed by atoms with E-state index in [2.05, 4.69) is 31.9 Å². The Bertz CT molecular complexity index is 696. The fourth-order valence-corrected chi connectivity index (χ4v) is 3.82. The Kier molecular flexibility index (Phi) is 3.32. The molecule has 0 unspecified atom stereocenters. The van der Waals surface area contributed by atoms with E-state index in [0.29, 0.717) is 17.8 Å². The van der Waals surface area contributed by atoms with Gasteiger partial charge in [-0.2, -0.15) is 0 Å². The summed E-state index contributed by atoms with van der Waals surface area (Å²) in [5.74, 6) is -0.899. The van der Waals surface area contributed by atoms with E-state index in [1.54, 1.807) is 23.5 Å². The Balaban J connectivity index is 1.99. The molecule has 96 valence electrons. The van der Waals surface area contributed by atoms with Crippen molar-refractivity contribution in [2.75, 3.05) is 4.90 Å². The molecule has 1 aromatic heterocycles. The van der Waals surface area contributed by atoms with Gasteiger partial charge in [0, 0.05) is 19.2 Å². The molecule has 1 aliphatic rings. The molecule has 0 aliphatic carbocycles. The molecule has 0 fully saturated rings. The van der Waals surface area contributed by atoms with Crippen LogP contribution in [0.1, 0.15) is 15.2 Å². The van der Waals surface area contributed by atoms with Crippen LogP contribution in [0, 0.1) is 0 Å². The molecule has 0 saturated carbocycles. The SMILES string of the molecule is O=C1C(=O)N(Cc2cc(Br)cs2)c2ccc(Br)cc21. The summed E-state index contributed by atoms with van der Waals surface area (Å²) in [6.07, 6.45) is 0. The highest BCUT2D eigenvalue weighted by atomic mass is 79.9. The third-order valence-electron chi connectivity index (χ3n) is 2.87. The Morgan fingerprint density at radius 2 is 1.89 bits per heavy atom. The maximum atomic E-state index is 12.0. The highest BCUT2D eigenvalue weighted by molar-refractivity contribution is 9.10. The predicted octanol–water partition coefficient (Wildman–Crippen LogP) is 4.00.